The van der Waals surface area contributed by atoms with Crippen LogP contribution < -0.4 is 5.32 Å². The number of hydrogen-bond acceptors (Lipinski definition) is 3. The maximum Gasteiger partial charge on any atom is 0.408 e. The number of rotatable bonds is 4. The number of piperidine rings is 1. The Morgan fingerprint density at radius 1 is 1.06 bits per heavy atom. The summed E-state index contributed by atoms with van der Waals surface area (Å²) in [4.78, 5) is 26.6. The standard InChI is InChI=1S/C26H28F4N2O3/c1-25(2,3)35-24(34)31-21-14-32(12-11-26(21,29)30)23(33)18-13-17(18)15-7-4-5-8-16(15)22-19(27)9-6-10-20(22)28/h4-10,17-18,21H,11-14H2,1-3H3,(H,31,34)/t17-,18+,21+/m0/s1. The Morgan fingerprint density at radius 3 is 2.37 bits per heavy atom. The van der Waals surface area contributed by atoms with Gasteiger partial charge in [-0.3, -0.25) is 4.79 Å². The quantitative estimate of drug-likeness (QED) is 0.574. The van der Waals surface area contributed by atoms with Gasteiger partial charge in [0.25, 0.3) is 5.92 Å². The van der Waals surface area contributed by atoms with E-state index in [0.717, 1.165) is 0 Å². The van der Waals surface area contributed by atoms with Crippen molar-refractivity contribution in [3.8, 4) is 11.1 Å². The van der Waals surface area contributed by atoms with Gasteiger partial charge in [0.15, 0.2) is 0 Å². The summed E-state index contributed by atoms with van der Waals surface area (Å²) in [5, 5.41) is 2.21. The average Bonchev–Trinajstić information content (AvgIpc) is 3.54. The van der Waals surface area contributed by atoms with Crippen molar-refractivity contribution in [2.24, 2.45) is 5.92 Å². The van der Waals surface area contributed by atoms with E-state index >= 15 is 0 Å². The third-order valence-corrected chi connectivity index (χ3v) is 6.33. The summed E-state index contributed by atoms with van der Waals surface area (Å²) in [5.41, 5.74) is 0.00896. The van der Waals surface area contributed by atoms with E-state index in [4.69, 9.17) is 4.74 Å². The molecule has 2 aromatic carbocycles. The highest BCUT2D eigenvalue weighted by Gasteiger charge is 2.51. The molecular weight excluding hydrogens is 464 g/mol. The Labute approximate surface area is 201 Å². The summed E-state index contributed by atoms with van der Waals surface area (Å²) in [6, 6.07) is 8.81. The van der Waals surface area contributed by atoms with Crippen LogP contribution in [0, 0.1) is 17.6 Å². The molecule has 1 aliphatic heterocycles. The van der Waals surface area contributed by atoms with Crippen molar-refractivity contribution in [2.45, 2.75) is 57.1 Å². The van der Waals surface area contributed by atoms with Crippen molar-refractivity contribution < 1.29 is 31.9 Å². The van der Waals surface area contributed by atoms with E-state index in [2.05, 4.69) is 5.32 Å². The summed E-state index contributed by atoms with van der Waals surface area (Å²) < 4.78 is 63.0. The minimum Gasteiger partial charge on any atom is -0.444 e. The fourth-order valence-electron chi connectivity index (χ4n) is 4.55. The molecule has 4 rings (SSSR count). The first-order valence-electron chi connectivity index (χ1n) is 11.6. The Hall–Kier alpha value is -3.10. The molecule has 188 valence electrons. The first-order chi connectivity index (χ1) is 16.4. The summed E-state index contributed by atoms with van der Waals surface area (Å²) in [6.07, 6.45) is -1.11. The summed E-state index contributed by atoms with van der Waals surface area (Å²) in [6.45, 7) is 4.38. The zero-order valence-corrected chi connectivity index (χ0v) is 19.8. The van der Waals surface area contributed by atoms with Crippen molar-refractivity contribution in [2.75, 3.05) is 13.1 Å². The van der Waals surface area contributed by atoms with Gasteiger partial charge in [-0.1, -0.05) is 30.3 Å². The van der Waals surface area contributed by atoms with E-state index in [1.807, 2.05) is 0 Å². The Balaban J connectivity index is 1.48. The number of nitrogens with zero attached hydrogens (tertiary/aromatic N) is 1. The lowest BCUT2D eigenvalue weighted by Gasteiger charge is -2.39. The van der Waals surface area contributed by atoms with Gasteiger partial charge in [-0.05, 0) is 56.4 Å². The van der Waals surface area contributed by atoms with Gasteiger partial charge in [0, 0.05) is 25.4 Å². The van der Waals surface area contributed by atoms with Crippen LogP contribution in [0.2, 0.25) is 0 Å². The molecule has 2 aliphatic rings. The number of carbonyl (C=O) groups is 2. The minimum absolute atomic E-state index is 0.148. The van der Waals surface area contributed by atoms with Crippen LogP contribution >= 0.6 is 0 Å². The summed E-state index contributed by atoms with van der Waals surface area (Å²) in [7, 11) is 0. The molecular formula is C26H28F4N2O3. The van der Waals surface area contributed by atoms with Crippen LogP contribution in [0.25, 0.3) is 11.1 Å². The van der Waals surface area contributed by atoms with Gasteiger partial charge in [-0.25, -0.2) is 22.4 Å². The second-order valence-electron chi connectivity index (χ2n) is 10.1. The van der Waals surface area contributed by atoms with Crippen LogP contribution in [0.1, 0.15) is 45.1 Å². The molecule has 9 heteroatoms. The van der Waals surface area contributed by atoms with Gasteiger partial charge in [0.05, 0.1) is 5.56 Å². The fourth-order valence-corrected chi connectivity index (χ4v) is 4.55. The van der Waals surface area contributed by atoms with E-state index in [1.165, 1.54) is 23.1 Å². The number of alkyl carbamates (subject to hydrolysis) is 1. The zero-order chi connectivity index (χ0) is 25.5. The van der Waals surface area contributed by atoms with Crippen LogP contribution in [-0.2, 0) is 9.53 Å². The van der Waals surface area contributed by atoms with E-state index in [1.54, 1.807) is 45.0 Å². The summed E-state index contributed by atoms with van der Waals surface area (Å²) >= 11 is 0. The highest BCUT2D eigenvalue weighted by atomic mass is 19.3. The number of nitrogens with one attached hydrogen (secondary N) is 1. The molecule has 5 nitrogen and oxygen atoms in total. The van der Waals surface area contributed by atoms with Gasteiger partial charge in [-0.2, -0.15) is 0 Å². The lowest BCUT2D eigenvalue weighted by atomic mass is 9.94. The normalized spacial score (nSPS) is 23.5. The highest BCUT2D eigenvalue weighted by molar-refractivity contribution is 5.84. The third-order valence-electron chi connectivity index (χ3n) is 6.33. The van der Waals surface area contributed by atoms with Gasteiger partial charge < -0.3 is 15.0 Å². The van der Waals surface area contributed by atoms with Gasteiger partial charge in [0.1, 0.15) is 23.3 Å². The second kappa shape index (κ2) is 9.17. The topological polar surface area (TPSA) is 58.6 Å². The molecule has 1 saturated heterocycles. The molecule has 3 atom stereocenters. The number of carbonyl (C=O) groups excluding carboxylic acids is 2. The SMILES string of the molecule is CC(C)(C)OC(=O)N[C@@H]1CN(C(=O)[C@@H]2C[C@H]2c2ccccc2-c2c(F)cccc2F)CCC1(F)F. The predicted molar refractivity (Wildman–Crippen MR) is 122 cm³/mol. The lowest BCUT2D eigenvalue weighted by molar-refractivity contribution is -0.142. The molecule has 1 N–H and O–H groups in total. The smallest absolute Gasteiger partial charge is 0.408 e. The number of halogens is 4. The molecule has 0 radical (unpaired) electrons. The monoisotopic (exact) mass is 492 g/mol. The molecule has 1 heterocycles. The Morgan fingerprint density at radius 2 is 1.71 bits per heavy atom. The maximum absolute atomic E-state index is 14.5. The molecule has 1 aliphatic carbocycles. The number of amides is 2. The first-order valence-corrected chi connectivity index (χ1v) is 11.6. The van der Waals surface area contributed by atoms with E-state index < -0.39 is 47.6 Å². The average molecular weight is 493 g/mol. The minimum atomic E-state index is -3.19. The number of hydrogen-bond donors (Lipinski definition) is 1. The molecule has 2 fully saturated rings. The lowest BCUT2D eigenvalue weighted by Crippen LogP contribution is -2.60. The van der Waals surface area contributed by atoms with Gasteiger partial charge >= 0.3 is 6.09 Å². The van der Waals surface area contributed by atoms with Crippen molar-refractivity contribution in [1.82, 2.24) is 10.2 Å². The van der Waals surface area contributed by atoms with Gasteiger partial charge in [0.2, 0.25) is 5.91 Å². The van der Waals surface area contributed by atoms with Crippen molar-refractivity contribution in [3.63, 3.8) is 0 Å². The number of likely N-dealkylation sites (tertiary alicyclic amines) is 1. The molecule has 0 bridgehead atoms. The summed E-state index contributed by atoms with van der Waals surface area (Å²) in [5.74, 6) is -5.67. The largest absolute Gasteiger partial charge is 0.444 e. The molecule has 0 aromatic heterocycles. The van der Waals surface area contributed by atoms with Crippen molar-refractivity contribution in [3.05, 3.63) is 59.7 Å². The zero-order valence-electron chi connectivity index (χ0n) is 19.8. The molecule has 2 aromatic rings. The Kier molecular flexibility index (Phi) is 6.55. The Bertz CT molecular complexity index is 1110. The third kappa shape index (κ3) is 5.44. The highest BCUT2D eigenvalue weighted by Crippen LogP contribution is 2.52. The van der Waals surface area contributed by atoms with E-state index in [0.29, 0.717) is 17.5 Å². The van der Waals surface area contributed by atoms with Crippen LogP contribution in [0.15, 0.2) is 42.5 Å². The van der Waals surface area contributed by atoms with Crippen molar-refractivity contribution in [1.29, 1.82) is 0 Å². The van der Waals surface area contributed by atoms with Crippen molar-refractivity contribution >= 4 is 12.0 Å². The van der Waals surface area contributed by atoms with Crippen LogP contribution in [0.4, 0.5) is 22.4 Å². The first kappa shape index (κ1) is 25.0. The molecule has 2 amide bonds. The maximum atomic E-state index is 14.5. The van der Waals surface area contributed by atoms with Gasteiger partial charge in [-0.15, -0.1) is 0 Å². The number of alkyl halides is 2. The molecule has 0 spiro atoms. The van der Waals surface area contributed by atoms with Crippen LogP contribution in [0.3, 0.4) is 0 Å². The molecule has 0 unspecified atom stereocenters. The number of ether oxygens (including phenoxy) is 1. The van der Waals surface area contributed by atoms with E-state index in [9.17, 15) is 27.2 Å². The molecule has 1 saturated carbocycles. The number of benzene rings is 2. The van der Waals surface area contributed by atoms with Crippen LogP contribution in [0.5, 0.6) is 0 Å². The predicted octanol–water partition coefficient (Wildman–Crippen LogP) is 5.50. The molecule has 35 heavy (non-hydrogen) atoms. The van der Waals surface area contributed by atoms with Crippen LogP contribution in [-0.4, -0.2) is 47.6 Å². The fraction of sp³-hybridized carbons (Fsp3) is 0.462. The second-order valence-corrected chi connectivity index (χ2v) is 10.1. The van der Waals surface area contributed by atoms with E-state index in [-0.39, 0.29) is 30.5 Å².